The first kappa shape index (κ1) is 25.5. The van der Waals surface area contributed by atoms with Crippen LogP contribution in [0.3, 0.4) is 0 Å². The quantitative estimate of drug-likeness (QED) is 0.367. The Labute approximate surface area is 225 Å². The highest BCUT2D eigenvalue weighted by molar-refractivity contribution is 5.47. The minimum atomic E-state index is -0.940. The summed E-state index contributed by atoms with van der Waals surface area (Å²) in [6.45, 7) is 3.81. The van der Waals surface area contributed by atoms with E-state index in [1.807, 2.05) is 68.4 Å². The molecule has 3 heterocycles. The van der Waals surface area contributed by atoms with E-state index >= 15 is 0 Å². The van der Waals surface area contributed by atoms with Gasteiger partial charge in [-0.25, -0.2) is 4.79 Å². The van der Waals surface area contributed by atoms with Crippen LogP contribution in [-0.2, 0) is 24.5 Å². The maximum absolute atomic E-state index is 12.7. The summed E-state index contributed by atoms with van der Waals surface area (Å²) in [4.78, 5) is 26.6. The molecule has 0 spiro atoms. The van der Waals surface area contributed by atoms with Gasteiger partial charge >= 0.3 is 5.69 Å². The van der Waals surface area contributed by atoms with Gasteiger partial charge in [0.1, 0.15) is 23.9 Å². The molecule has 2 fully saturated rings. The molecule has 200 valence electrons. The highest BCUT2D eigenvalue weighted by Crippen LogP contribution is 2.45. The summed E-state index contributed by atoms with van der Waals surface area (Å²) in [5.41, 5.74) is 0.906. The van der Waals surface area contributed by atoms with Gasteiger partial charge in [0.25, 0.3) is 5.56 Å². The Hall–Kier alpha value is -3.82. The lowest BCUT2D eigenvalue weighted by Crippen LogP contribution is -2.39. The number of fused-ring (bicyclic) bond motifs is 1. The molecule has 2 saturated heterocycles. The molecule has 0 aliphatic carbocycles. The van der Waals surface area contributed by atoms with Crippen molar-refractivity contribution < 1.29 is 18.9 Å². The molecule has 3 aromatic carbocycles. The van der Waals surface area contributed by atoms with E-state index in [1.165, 1.54) is 16.8 Å². The third-order valence-corrected chi connectivity index (χ3v) is 7.26. The Morgan fingerprint density at radius 1 is 0.795 bits per heavy atom. The van der Waals surface area contributed by atoms with Crippen LogP contribution in [0.5, 0.6) is 0 Å². The molecule has 4 aromatic rings. The van der Waals surface area contributed by atoms with Crippen molar-refractivity contribution in [2.75, 3.05) is 6.61 Å². The van der Waals surface area contributed by atoms with Gasteiger partial charge in [0, 0.05) is 12.3 Å². The van der Waals surface area contributed by atoms with E-state index in [0.717, 1.165) is 16.7 Å². The Morgan fingerprint density at radius 3 is 1.82 bits per heavy atom. The third kappa shape index (κ3) is 4.66. The standard InChI is InChI=1S/C31H30N2O6/c1-30(2)38-26-24(37-28(27(26)39-30)33-19-18-25(34)32-29(33)35)20-36-31(21-12-6-3-7-13-21,22-14-8-4-9-15-22)23-16-10-5-11-17-23/h3-19,24,26-28H,20H2,1-2H3,(H,32,34,35)/t24-,26+,27-,28+/m0/s1. The van der Waals surface area contributed by atoms with Gasteiger partial charge < -0.3 is 18.9 Å². The van der Waals surface area contributed by atoms with E-state index in [2.05, 4.69) is 41.4 Å². The van der Waals surface area contributed by atoms with Crippen LogP contribution in [0.15, 0.2) is 113 Å². The molecule has 8 heteroatoms. The Balaban J connectivity index is 1.40. The number of nitrogens with zero attached hydrogens (tertiary/aromatic N) is 1. The van der Waals surface area contributed by atoms with Crippen molar-refractivity contribution >= 4 is 0 Å². The second-order valence-electron chi connectivity index (χ2n) is 10.2. The molecule has 6 rings (SSSR count). The van der Waals surface area contributed by atoms with Crippen molar-refractivity contribution in [3.63, 3.8) is 0 Å². The van der Waals surface area contributed by atoms with Crippen molar-refractivity contribution in [2.24, 2.45) is 0 Å². The van der Waals surface area contributed by atoms with Gasteiger partial charge in [-0.1, -0.05) is 91.0 Å². The van der Waals surface area contributed by atoms with E-state index in [-0.39, 0.29) is 6.61 Å². The van der Waals surface area contributed by atoms with Crippen molar-refractivity contribution in [3.05, 3.63) is 141 Å². The largest absolute Gasteiger partial charge is 0.358 e. The first-order chi connectivity index (χ1) is 18.9. The first-order valence-electron chi connectivity index (χ1n) is 13.0. The molecule has 2 aliphatic heterocycles. The molecular weight excluding hydrogens is 496 g/mol. The fourth-order valence-electron chi connectivity index (χ4n) is 5.62. The molecule has 1 aromatic heterocycles. The molecule has 0 amide bonds. The van der Waals surface area contributed by atoms with Crippen LogP contribution in [-0.4, -0.2) is 40.3 Å². The maximum Gasteiger partial charge on any atom is 0.330 e. The topological polar surface area (TPSA) is 91.8 Å². The van der Waals surface area contributed by atoms with E-state index in [9.17, 15) is 9.59 Å². The van der Waals surface area contributed by atoms with Crippen LogP contribution < -0.4 is 11.2 Å². The zero-order chi connectivity index (χ0) is 27.0. The number of benzene rings is 3. The maximum atomic E-state index is 12.7. The summed E-state index contributed by atoms with van der Waals surface area (Å²) in [7, 11) is 0. The van der Waals surface area contributed by atoms with E-state index < -0.39 is 47.2 Å². The van der Waals surface area contributed by atoms with Crippen molar-refractivity contribution in [3.8, 4) is 0 Å². The van der Waals surface area contributed by atoms with Gasteiger partial charge in [0.15, 0.2) is 12.0 Å². The Morgan fingerprint density at radius 2 is 1.31 bits per heavy atom. The summed E-state index contributed by atoms with van der Waals surface area (Å²) in [5.74, 6) is -0.878. The Kier molecular flexibility index (Phi) is 6.56. The summed E-state index contributed by atoms with van der Waals surface area (Å²) >= 11 is 0. The van der Waals surface area contributed by atoms with E-state index in [4.69, 9.17) is 18.9 Å². The van der Waals surface area contributed by atoms with Gasteiger partial charge in [-0.2, -0.15) is 0 Å². The zero-order valence-electron chi connectivity index (χ0n) is 21.7. The highest BCUT2D eigenvalue weighted by atomic mass is 16.8. The fourth-order valence-corrected chi connectivity index (χ4v) is 5.62. The van der Waals surface area contributed by atoms with Crippen molar-refractivity contribution in [1.29, 1.82) is 0 Å². The van der Waals surface area contributed by atoms with Crippen LogP contribution in [0.4, 0.5) is 0 Å². The van der Waals surface area contributed by atoms with Crippen molar-refractivity contribution in [2.45, 2.75) is 49.8 Å². The van der Waals surface area contributed by atoms with E-state index in [0.29, 0.717) is 0 Å². The number of H-pyrrole nitrogens is 1. The summed E-state index contributed by atoms with van der Waals surface area (Å²) in [6.07, 6.45) is -1.01. The smallest absolute Gasteiger partial charge is 0.330 e. The lowest BCUT2D eigenvalue weighted by atomic mass is 9.80. The lowest BCUT2D eigenvalue weighted by Gasteiger charge is -2.37. The number of ether oxygens (including phenoxy) is 4. The molecular formula is C31H30N2O6. The van der Waals surface area contributed by atoms with Crippen LogP contribution in [0.2, 0.25) is 0 Å². The van der Waals surface area contributed by atoms with Crippen LogP contribution in [0.1, 0.15) is 36.8 Å². The summed E-state index contributed by atoms with van der Waals surface area (Å²) in [5, 5.41) is 0. The second-order valence-corrected chi connectivity index (χ2v) is 10.2. The SMILES string of the molecule is CC1(C)O[C@H]2[C@H](O1)[C@H](n1ccc(=O)[nH]c1=O)O[C@H]2COC(c1ccccc1)(c1ccccc1)c1ccccc1. The minimum absolute atomic E-state index is 0.147. The molecule has 0 radical (unpaired) electrons. The number of aromatic nitrogens is 2. The zero-order valence-corrected chi connectivity index (χ0v) is 21.7. The van der Waals surface area contributed by atoms with E-state index in [1.54, 1.807) is 0 Å². The van der Waals surface area contributed by atoms with Gasteiger partial charge in [0.05, 0.1) is 6.61 Å². The Bertz CT molecular complexity index is 1440. The molecule has 8 nitrogen and oxygen atoms in total. The fraction of sp³-hybridized carbons (Fsp3) is 0.290. The molecule has 39 heavy (non-hydrogen) atoms. The number of hydrogen-bond acceptors (Lipinski definition) is 6. The number of aromatic amines is 1. The number of nitrogens with one attached hydrogen (secondary N) is 1. The predicted molar refractivity (Wildman–Crippen MR) is 144 cm³/mol. The van der Waals surface area contributed by atoms with Gasteiger partial charge in [-0.15, -0.1) is 0 Å². The summed E-state index contributed by atoms with van der Waals surface area (Å²) < 4.78 is 27.2. The minimum Gasteiger partial charge on any atom is -0.358 e. The van der Waals surface area contributed by atoms with Gasteiger partial charge in [-0.05, 0) is 30.5 Å². The third-order valence-electron chi connectivity index (χ3n) is 7.26. The van der Waals surface area contributed by atoms with Gasteiger partial charge in [0.2, 0.25) is 0 Å². The second kappa shape index (κ2) is 10.1. The number of rotatable bonds is 7. The first-order valence-corrected chi connectivity index (χ1v) is 13.0. The van der Waals surface area contributed by atoms with Gasteiger partial charge in [-0.3, -0.25) is 14.3 Å². The van der Waals surface area contributed by atoms with Crippen LogP contribution >= 0.6 is 0 Å². The predicted octanol–water partition coefficient (Wildman–Crippen LogP) is 3.96. The van der Waals surface area contributed by atoms with Crippen LogP contribution in [0.25, 0.3) is 0 Å². The lowest BCUT2D eigenvalue weighted by molar-refractivity contribution is -0.205. The molecule has 2 aliphatic rings. The van der Waals surface area contributed by atoms with Crippen molar-refractivity contribution in [1.82, 2.24) is 9.55 Å². The molecule has 1 N–H and O–H groups in total. The number of hydrogen-bond donors (Lipinski definition) is 1. The highest BCUT2D eigenvalue weighted by Gasteiger charge is 2.56. The molecule has 4 atom stereocenters. The molecule has 0 bridgehead atoms. The molecule has 0 saturated carbocycles. The molecule has 0 unspecified atom stereocenters. The average Bonchev–Trinajstić information content (AvgIpc) is 3.44. The average molecular weight is 527 g/mol. The monoisotopic (exact) mass is 526 g/mol. The van der Waals surface area contributed by atoms with Crippen LogP contribution in [0, 0.1) is 0 Å². The normalized spacial score (nSPS) is 23.9. The summed E-state index contributed by atoms with van der Waals surface area (Å²) in [6, 6.07) is 31.5.